The Morgan fingerprint density at radius 2 is 1.83 bits per heavy atom. The highest BCUT2D eigenvalue weighted by Crippen LogP contribution is 2.29. The number of carbonyl (C=O) groups excluding carboxylic acids is 2. The van der Waals surface area contributed by atoms with E-state index in [1.165, 1.54) is 11.3 Å². The van der Waals surface area contributed by atoms with E-state index in [0.717, 1.165) is 10.6 Å². The molecule has 2 heterocycles. The summed E-state index contributed by atoms with van der Waals surface area (Å²) in [5, 5.41) is 3.84. The summed E-state index contributed by atoms with van der Waals surface area (Å²) < 4.78 is 5.51. The number of hydrogen-bond acceptors (Lipinski definition) is 5. The standard InChI is InChI=1S/C23H27N3O3S/c1-15-20(30-16(2)24-15)22(28)26(14-18-12-9-13-29-18)19(17-10-7-6-8-11-17)21(27)25-23(3,4)5/h6-13,19H,14H2,1-5H3,(H,25,27)/t19-/m1/s1. The molecule has 7 heteroatoms. The first-order chi connectivity index (χ1) is 14.2. The molecule has 0 spiro atoms. The van der Waals surface area contributed by atoms with Crippen LogP contribution in [0.2, 0.25) is 0 Å². The lowest BCUT2D eigenvalue weighted by atomic mass is 10.0. The maximum absolute atomic E-state index is 13.7. The Morgan fingerprint density at radius 1 is 1.13 bits per heavy atom. The first-order valence-corrected chi connectivity index (χ1v) is 10.6. The number of carbonyl (C=O) groups is 2. The topological polar surface area (TPSA) is 75.4 Å². The van der Waals surface area contributed by atoms with Crippen molar-refractivity contribution < 1.29 is 14.0 Å². The second-order valence-corrected chi connectivity index (χ2v) is 9.42. The predicted molar refractivity (Wildman–Crippen MR) is 117 cm³/mol. The molecule has 0 saturated heterocycles. The number of nitrogens with zero attached hydrogens (tertiary/aromatic N) is 2. The number of amides is 2. The zero-order valence-electron chi connectivity index (χ0n) is 17.9. The smallest absolute Gasteiger partial charge is 0.267 e. The first kappa shape index (κ1) is 21.8. The molecule has 1 aromatic carbocycles. The van der Waals surface area contributed by atoms with Gasteiger partial charge in [0.25, 0.3) is 5.91 Å². The van der Waals surface area contributed by atoms with Gasteiger partial charge in [-0.1, -0.05) is 30.3 Å². The quantitative estimate of drug-likeness (QED) is 0.624. The van der Waals surface area contributed by atoms with Crippen molar-refractivity contribution in [2.75, 3.05) is 0 Å². The van der Waals surface area contributed by atoms with E-state index in [1.54, 1.807) is 23.3 Å². The number of thiazole rings is 1. The Bertz CT molecular complexity index is 1000. The van der Waals surface area contributed by atoms with Crippen molar-refractivity contribution in [1.82, 2.24) is 15.2 Å². The molecule has 1 N–H and O–H groups in total. The molecule has 0 fully saturated rings. The van der Waals surface area contributed by atoms with Gasteiger partial charge in [0.2, 0.25) is 5.91 Å². The number of aromatic nitrogens is 1. The normalized spacial score (nSPS) is 12.4. The van der Waals surface area contributed by atoms with Crippen LogP contribution in [-0.4, -0.2) is 27.2 Å². The van der Waals surface area contributed by atoms with Crippen LogP contribution in [0.15, 0.2) is 53.1 Å². The lowest BCUT2D eigenvalue weighted by molar-refractivity contribution is -0.127. The fraction of sp³-hybridized carbons (Fsp3) is 0.348. The van der Waals surface area contributed by atoms with Crippen LogP contribution in [0.3, 0.4) is 0 Å². The van der Waals surface area contributed by atoms with Crippen molar-refractivity contribution in [3.8, 4) is 0 Å². The summed E-state index contributed by atoms with van der Waals surface area (Å²) >= 11 is 1.34. The summed E-state index contributed by atoms with van der Waals surface area (Å²) in [6, 6.07) is 12.1. The maximum Gasteiger partial charge on any atom is 0.267 e. The highest BCUT2D eigenvalue weighted by Gasteiger charge is 2.35. The van der Waals surface area contributed by atoms with E-state index in [0.29, 0.717) is 16.3 Å². The van der Waals surface area contributed by atoms with Crippen LogP contribution in [-0.2, 0) is 11.3 Å². The molecule has 3 aromatic rings. The van der Waals surface area contributed by atoms with Gasteiger partial charge in [-0.25, -0.2) is 4.98 Å². The van der Waals surface area contributed by atoms with Crippen LogP contribution >= 0.6 is 11.3 Å². The number of hydrogen-bond donors (Lipinski definition) is 1. The minimum Gasteiger partial charge on any atom is -0.467 e. The SMILES string of the molecule is Cc1nc(C)c(C(=O)N(Cc2ccco2)[C@@H](C(=O)NC(C)(C)C)c2ccccc2)s1. The Balaban J connectivity index is 2.09. The monoisotopic (exact) mass is 425 g/mol. The second-order valence-electron chi connectivity index (χ2n) is 8.21. The van der Waals surface area contributed by atoms with E-state index < -0.39 is 11.6 Å². The summed E-state index contributed by atoms with van der Waals surface area (Å²) in [7, 11) is 0. The molecule has 0 bridgehead atoms. The van der Waals surface area contributed by atoms with Crippen LogP contribution in [0.5, 0.6) is 0 Å². The lowest BCUT2D eigenvalue weighted by Crippen LogP contribution is -2.49. The fourth-order valence-corrected chi connectivity index (χ4v) is 4.13. The van der Waals surface area contributed by atoms with Crippen LogP contribution in [0.1, 0.15) is 58.5 Å². The summed E-state index contributed by atoms with van der Waals surface area (Å²) in [6.45, 7) is 9.60. The van der Waals surface area contributed by atoms with Crippen molar-refractivity contribution in [1.29, 1.82) is 0 Å². The summed E-state index contributed by atoms with van der Waals surface area (Å²) in [5.41, 5.74) is 0.952. The van der Waals surface area contributed by atoms with Gasteiger partial charge in [0.15, 0.2) is 0 Å². The van der Waals surface area contributed by atoms with Crippen LogP contribution < -0.4 is 5.32 Å². The molecule has 30 heavy (non-hydrogen) atoms. The Labute approximate surface area is 180 Å². The molecule has 158 valence electrons. The van der Waals surface area contributed by atoms with Crippen molar-refractivity contribution in [2.24, 2.45) is 0 Å². The molecule has 0 radical (unpaired) electrons. The average Bonchev–Trinajstić information content (AvgIpc) is 3.29. The van der Waals surface area contributed by atoms with Gasteiger partial charge < -0.3 is 14.6 Å². The van der Waals surface area contributed by atoms with Gasteiger partial charge in [0.05, 0.1) is 23.5 Å². The molecule has 2 amide bonds. The largest absolute Gasteiger partial charge is 0.467 e. The average molecular weight is 426 g/mol. The minimum absolute atomic E-state index is 0.166. The van der Waals surface area contributed by atoms with Gasteiger partial charge >= 0.3 is 0 Å². The van der Waals surface area contributed by atoms with Crippen molar-refractivity contribution in [2.45, 2.75) is 52.7 Å². The molecule has 0 unspecified atom stereocenters. The number of aryl methyl sites for hydroxylation is 2. The maximum atomic E-state index is 13.7. The number of rotatable bonds is 6. The van der Waals surface area contributed by atoms with E-state index >= 15 is 0 Å². The molecule has 1 atom stereocenters. The van der Waals surface area contributed by atoms with E-state index in [-0.39, 0.29) is 18.4 Å². The van der Waals surface area contributed by atoms with E-state index in [1.807, 2.05) is 65.0 Å². The van der Waals surface area contributed by atoms with Crippen LogP contribution in [0.25, 0.3) is 0 Å². The zero-order valence-corrected chi connectivity index (χ0v) is 18.7. The molecular formula is C23H27N3O3S. The van der Waals surface area contributed by atoms with E-state index in [4.69, 9.17) is 4.42 Å². The highest BCUT2D eigenvalue weighted by atomic mass is 32.1. The van der Waals surface area contributed by atoms with Gasteiger partial charge in [-0.2, -0.15) is 0 Å². The van der Waals surface area contributed by atoms with Crippen molar-refractivity contribution in [3.05, 3.63) is 75.6 Å². The summed E-state index contributed by atoms with van der Waals surface area (Å²) in [4.78, 5) is 33.6. The summed E-state index contributed by atoms with van der Waals surface area (Å²) in [6.07, 6.45) is 1.56. The fourth-order valence-electron chi connectivity index (χ4n) is 3.26. The lowest BCUT2D eigenvalue weighted by Gasteiger charge is -2.33. The molecule has 2 aromatic heterocycles. The second kappa shape index (κ2) is 8.83. The predicted octanol–water partition coefficient (Wildman–Crippen LogP) is 4.65. The summed E-state index contributed by atoms with van der Waals surface area (Å²) in [5.74, 6) is 0.117. The third-order valence-corrected chi connectivity index (χ3v) is 5.50. The number of furan rings is 1. The molecule has 3 rings (SSSR count). The third-order valence-electron chi connectivity index (χ3n) is 4.44. The van der Waals surface area contributed by atoms with E-state index in [2.05, 4.69) is 10.3 Å². The van der Waals surface area contributed by atoms with Gasteiger partial charge in [-0.15, -0.1) is 11.3 Å². The Morgan fingerprint density at radius 3 is 2.37 bits per heavy atom. The number of benzene rings is 1. The Kier molecular flexibility index (Phi) is 6.41. The number of nitrogens with one attached hydrogen (secondary N) is 1. The van der Waals surface area contributed by atoms with Gasteiger partial charge in [0.1, 0.15) is 16.7 Å². The van der Waals surface area contributed by atoms with Gasteiger partial charge in [-0.3, -0.25) is 9.59 Å². The Hall–Kier alpha value is -2.93. The van der Waals surface area contributed by atoms with Crippen molar-refractivity contribution >= 4 is 23.2 Å². The highest BCUT2D eigenvalue weighted by molar-refractivity contribution is 7.13. The minimum atomic E-state index is -0.815. The zero-order chi connectivity index (χ0) is 21.9. The molecular weight excluding hydrogens is 398 g/mol. The molecule has 0 saturated carbocycles. The van der Waals surface area contributed by atoms with Crippen molar-refractivity contribution in [3.63, 3.8) is 0 Å². The first-order valence-electron chi connectivity index (χ1n) is 9.80. The van der Waals surface area contributed by atoms with Crippen LogP contribution in [0, 0.1) is 13.8 Å². The molecule has 6 nitrogen and oxygen atoms in total. The van der Waals surface area contributed by atoms with Gasteiger partial charge in [-0.05, 0) is 52.3 Å². The van der Waals surface area contributed by atoms with Gasteiger partial charge in [0, 0.05) is 5.54 Å². The van der Waals surface area contributed by atoms with E-state index in [9.17, 15) is 9.59 Å². The van der Waals surface area contributed by atoms with Crippen LogP contribution in [0.4, 0.5) is 0 Å². The molecule has 0 aliphatic rings. The molecule has 0 aliphatic carbocycles. The third kappa shape index (κ3) is 5.16. The molecule has 0 aliphatic heterocycles.